The molecule has 0 saturated heterocycles. The minimum Gasteiger partial charge on any atom is -0.476 e. The van der Waals surface area contributed by atoms with E-state index in [1.54, 1.807) is 0 Å². The van der Waals surface area contributed by atoms with Gasteiger partial charge in [0.15, 0.2) is 0 Å². The molecule has 0 aromatic carbocycles. The Hall–Kier alpha value is -1.54. The molecule has 0 radical (unpaired) electrons. The van der Waals surface area contributed by atoms with Crippen molar-refractivity contribution in [1.82, 2.24) is 9.88 Å². The number of halogens is 3. The summed E-state index contributed by atoms with van der Waals surface area (Å²) in [5, 5.41) is 0. The molecule has 114 valence electrons. The molecule has 0 aliphatic rings. The van der Waals surface area contributed by atoms with Gasteiger partial charge in [0.2, 0.25) is 5.88 Å². The van der Waals surface area contributed by atoms with Gasteiger partial charge >= 0.3 is 6.18 Å². The molecule has 8 heteroatoms. The van der Waals surface area contributed by atoms with Crippen LogP contribution in [0.1, 0.15) is 19.4 Å². The summed E-state index contributed by atoms with van der Waals surface area (Å²) < 4.78 is 43.5. The van der Waals surface area contributed by atoms with Gasteiger partial charge in [0.1, 0.15) is 12.4 Å². The predicted octanol–water partition coefficient (Wildman–Crippen LogP) is 2.10. The second-order valence-corrected chi connectivity index (χ2v) is 5.22. The predicted molar refractivity (Wildman–Crippen MR) is 70.3 cm³/mol. The molecule has 0 unspecified atom stereocenters. The van der Waals surface area contributed by atoms with Crippen molar-refractivity contribution in [2.45, 2.75) is 25.6 Å². The fourth-order valence-electron chi connectivity index (χ4n) is 1.20. The number of aromatic nitrogens is 1. The third-order valence-corrected chi connectivity index (χ3v) is 3.06. The van der Waals surface area contributed by atoms with E-state index in [-0.39, 0.29) is 23.8 Å². The number of nitrogens with one attached hydrogen (secondary N) is 1. The molecule has 0 aliphatic carbocycles. The number of likely N-dealkylation sites (N-methyl/N-ethyl adjacent to an activating group) is 1. The highest BCUT2D eigenvalue weighted by Gasteiger charge is 2.32. The van der Waals surface area contributed by atoms with Crippen molar-refractivity contribution in [3.63, 3.8) is 0 Å². The molecule has 0 bridgehead atoms. The first kappa shape index (κ1) is 16.5. The van der Waals surface area contributed by atoms with E-state index in [4.69, 9.17) is 10.6 Å². The number of ether oxygens (including phenoxy) is 1. The van der Waals surface area contributed by atoms with Crippen LogP contribution in [0.15, 0.2) is 12.1 Å². The smallest absolute Gasteiger partial charge is 0.416 e. The molecule has 1 aromatic heterocycles. The Morgan fingerprint density at radius 2 is 1.90 bits per heavy atom. The van der Waals surface area contributed by atoms with Gasteiger partial charge in [-0.15, -0.1) is 0 Å². The van der Waals surface area contributed by atoms with Crippen molar-refractivity contribution in [3.05, 3.63) is 17.7 Å². The van der Waals surface area contributed by atoms with Gasteiger partial charge in [0, 0.05) is 11.6 Å². The zero-order chi connectivity index (χ0) is 15.6. The highest BCUT2D eigenvalue weighted by Crippen LogP contribution is 2.32. The highest BCUT2D eigenvalue weighted by atomic mass is 19.4. The van der Waals surface area contributed by atoms with Crippen molar-refractivity contribution in [1.29, 1.82) is 0 Å². The molecule has 0 atom stereocenters. The zero-order valence-corrected chi connectivity index (χ0v) is 11.9. The Bertz CT molecular complexity index is 461. The van der Waals surface area contributed by atoms with Crippen LogP contribution in [0.25, 0.3) is 0 Å². The Morgan fingerprint density at radius 3 is 2.35 bits per heavy atom. The van der Waals surface area contributed by atoms with Gasteiger partial charge in [-0.1, -0.05) is 0 Å². The molecule has 0 amide bonds. The van der Waals surface area contributed by atoms with Crippen LogP contribution in [-0.2, 0) is 6.18 Å². The zero-order valence-electron chi connectivity index (χ0n) is 11.9. The number of rotatable bonds is 5. The number of hydrazine groups is 1. The maximum absolute atomic E-state index is 12.7. The van der Waals surface area contributed by atoms with Gasteiger partial charge in [-0.05, 0) is 34.0 Å². The molecule has 1 heterocycles. The molecule has 0 aliphatic heterocycles. The van der Waals surface area contributed by atoms with E-state index in [1.807, 2.05) is 32.8 Å². The summed E-state index contributed by atoms with van der Waals surface area (Å²) in [6.45, 7) is 4.00. The summed E-state index contributed by atoms with van der Waals surface area (Å²) in [6, 6.07) is 1.68. The van der Waals surface area contributed by atoms with Crippen LogP contribution in [0, 0.1) is 0 Å². The maximum atomic E-state index is 12.7. The van der Waals surface area contributed by atoms with Crippen LogP contribution in [0.4, 0.5) is 19.0 Å². The Kier molecular flexibility index (Phi) is 4.82. The van der Waals surface area contributed by atoms with Crippen LogP contribution in [-0.4, -0.2) is 36.1 Å². The van der Waals surface area contributed by atoms with Crippen molar-refractivity contribution in [3.8, 4) is 5.88 Å². The average Bonchev–Trinajstić information content (AvgIpc) is 2.34. The molecular formula is C12H19F3N4O. The van der Waals surface area contributed by atoms with Crippen molar-refractivity contribution < 1.29 is 17.9 Å². The largest absolute Gasteiger partial charge is 0.476 e. The van der Waals surface area contributed by atoms with Gasteiger partial charge in [-0.3, -0.25) is 0 Å². The maximum Gasteiger partial charge on any atom is 0.416 e. The Morgan fingerprint density at radius 1 is 1.30 bits per heavy atom. The van der Waals surface area contributed by atoms with Crippen molar-refractivity contribution in [2.24, 2.45) is 5.84 Å². The monoisotopic (exact) mass is 292 g/mol. The molecular weight excluding hydrogens is 273 g/mol. The molecule has 1 rings (SSSR count). The standard InChI is InChI=1S/C12H19F3N4O/c1-11(2,19(3)4)7-20-10-6-8(12(13,14)15)5-9(17-10)18-16/h5-6H,7,16H2,1-4H3,(H,17,18). The summed E-state index contributed by atoms with van der Waals surface area (Å²) in [7, 11) is 3.71. The number of hydrogen-bond acceptors (Lipinski definition) is 5. The summed E-state index contributed by atoms with van der Waals surface area (Å²) in [6.07, 6.45) is -4.48. The number of hydrogen-bond donors (Lipinski definition) is 2. The third-order valence-electron chi connectivity index (χ3n) is 3.06. The summed E-state index contributed by atoms with van der Waals surface area (Å²) in [4.78, 5) is 5.76. The van der Waals surface area contributed by atoms with E-state index < -0.39 is 11.7 Å². The van der Waals surface area contributed by atoms with Crippen LogP contribution in [0.3, 0.4) is 0 Å². The fourth-order valence-corrected chi connectivity index (χ4v) is 1.20. The third kappa shape index (κ3) is 4.24. The van der Waals surface area contributed by atoms with Crippen LogP contribution in [0.5, 0.6) is 5.88 Å². The lowest BCUT2D eigenvalue weighted by molar-refractivity contribution is -0.137. The second-order valence-electron chi connectivity index (χ2n) is 5.22. The second kappa shape index (κ2) is 5.84. The number of pyridine rings is 1. The molecule has 5 nitrogen and oxygen atoms in total. The molecule has 0 fully saturated rings. The summed E-state index contributed by atoms with van der Waals surface area (Å²) in [5.74, 6) is 4.90. The number of nitrogens with zero attached hydrogens (tertiary/aromatic N) is 2. The Labute approximate surface area is 115 Å². The van der Waals surface area contributed by atoms with E-state index in [2.05, 4.69) is 10.4 Å². The lowest BCUT2D eigenvalue weighted by atomic mass is 10.1. The molecule has 1 aromatic rings. The van der Waals surface area contributed by atoms with Crippen LogP contribution >= 0.6 is 0 Å². The highest BCUT2D eigenvalue weighted by molar-refractivity contribution is 5.41. The molecule has 0 spiro atoms. The summed E-state index contributed by atoms with van der Waals surface area (Å²) in [5.41, 5.74) is 0.894. The minimum atomic E-state index is -4.48. The lowest BCUT2D eigenvalue weighted by Gasteiger charge is -2.32. The van der Waals surface area contributed by atoms with Gasteiger partial charge in [-0.2, -0.15) is 18.2 Å². The van der Waals surface area contributed by atoms with E-state index in [9.17, 15) is 13.2 Å². The van der Waals surface area contributed by atoms with Crippen molar-refractivity contribution in [2.75, 3.05) is 26.1 Å². The lowest BCUT2D eigenvalue weighted by Crippen LogP contribution is -2.43. The number of nitrogen functional groups attached to an aromatic ring is 1. The Balaban J connectivity index is 2.96. The normalized spacial score (nSPS) is 12.7. The summed E-state index contributed by atoms with van der Waals surface area (Å²) >= 11 is 0. The first-order valence-electron chi connectivity index (χ1n) is 5.92. The molecule has 20 heavy (non-hydrogen) atoms. The first-order chi connectivity index (χ1) is 9.06. The van der Waals surface area contributed by atoms with Gasteiger partial charge < -0.3 is 15.1 Å². The first-order valence-corrected chi connectivity index (χ1v) is 5.92. The van der Waals surface area contributed by atoms with E-state index >= 15 is 0 Å². The van der Waals surface area contributed by atoms with E-state index in [0.29, 0.717) is 0 Å². The fraction of sp³-hybridized carbons (Fsp3) is 0.583. The van der Waals surface area contributed by atoms with E-state index in [0.717, 1.165) is 12.1 Å². The van der Waals surface area contributed by atoms with Crippen LogP contribution < -0.4 is 16.0 Å². The minimum absolute atomic E-state index is 0.0996. The average molecular weight is 292 g/mol. The SMILES string of the molecule is CN(C)C(C)(C)COc1cc(C(F)(F)F)cc(NN)n1. The topological polar surface area (TPSA) is 63.4 Å². The van der Waals surface area contributed by atoms with Gasteiger partial charge in [0.05, 0.1) is 5.56 Å². The molecule has 0 saturated carbocycles. The van der Waals surface area contributed by atoms with Gasteiger partial charge in [0.25, 0.3) is 0 Å². The quantitative estimate of drug-likeness (QED) is 0.643. The number of anilines is 1. The number of nitrogens with two attached hydrogens (primary N) is 1. The molecule has 3 N–H and O–H groups in total. The van der Waals surface area contributed by atoms with Crippen LogP contribution in [0.2, 0.25) is 0 Å². The van der Waals surface area contributed by atoms with E-state index in [1.165, 1.54) is 0 Å². The van der Waals surface area contributed by atoms with Gasteiger partial charge in [-0.25, -0.2) is 5.84 Å². The van der Waals surface area contributed by atoms with Crippen molar-refractivity contribution >= 4 is 5.82 Å². The number of alkyl halides is 3.